The van der Waals surface area contributed by atoms with Crippen LogP contribution in [0.15, 0.2) is 12.1 Å². The fourth-order valence-corrected chi connectivity index (χ4v) is 3.30. The highest BCUT2D eigenvalue weighted by Crippen LogP contribution is 2.36. The van der Waals surface area contributed by atoms with Gasteiger partial charge in [0.05, 0.1) is 13.1 Å². The van der Waals surface area contributed by atoms with Crippen LogP contribution >= 0.6 is 0 Å². The Balaban J connectivity index is 1.46. The van der Waals surface area contributed by atoms with E-state index < -0.39 is 13.1 Å². The Morgan fingerprint density at radius 3 is 2.77 bits per heavy atom. The number of nitrogens with zero attached hydrogens (tertiary/aromatic N) is 1. The van der Waals surface area contributed by atoms with E-state index in [2.05, 4.69) is 0 Å². The van der Waals surface area contributed by atoms with Crippen LogP contribution in [-0.4, -0.2) is 53.2 Å². The van der Waals surface area contributed by atoms with Gasteiger partial charge in [0.15, 0.2) is 0 Å². The van der Waals surface area contributed by atoms with E-state index in [0.717, 1.165) is 23.3 Å². The van der Waals surface area contributed by atoms with Gasteiger partial charge < -0.3 is 24.4 Å². The van der Waals surface area contributed by atoms with Crippen LogP contribution in [0.2, 0.25) is 6.32 Å². The monoisotopic (exact) mass is 361 g/mol. The average molecular weight is 361 g/mol. The van der Waals surface area contributed by atoms with Crippen molar-refractivity contribution < 1.29 is 29.1 Å². The molecule has 1 fully saturated rings. The number of benzene rings is 1. The third-order valence-corrected chi connectivity index (χ3v) is 4.88. The summed E-state index contributed by atoms with van der Waals surface area (Å²) in [5.41, 5.74) is 1.95. The molecule has 3 rings (SSSR count). The minimum Gasteiger partial charge on any atom is -0.536 e. The van der Waals surface area contributed by atoms with Gasteiger partial charge >= 0.3 is 13.1 Å². The van der Waals surface area contributed by atoms with Crippen molar-refractivity contribution >= 4 is 19.0 Å². The molecule has 0 aliphatic carbocycles. The fourth-order valence-electron chi connectivity index (χ4n) is 3.30. The molecule has 0 saturated carbocycles. The van der Waals surface area contributed by atoms with E-state index in [-0.39, 0.29) is 18.4 Å². The zero-order valence-electron chi connectivity index (χ0n) is 14.9. The van der Waals surface area contributed by atoms with E-state index >= 15 is 0 Å². The molecule has 1 amide bonds. The standard InChI is InChI=1S/C18H24BNO6/c1-12-15(7-6-13-8-9-19(24)26-18(12)13)25-14-10-20(11-14)16(21)4-2-3-5-17(22)23/h6-7,14,24H,2-5,8-11H2,1H3,(H,22,23). The van der Waals surface area contributed by atoms with Gasteiger partial charge in [-0.2, -0.15) is 0 Å². The minimum absolute atomic E-state index is 0.0452. The summed E-state index contributed by atoms with van der Waals surface area (Å²) >= 11 is 0. The third kappa shape index (κ3) is 4.30. The van der Waals surface area contributed by atoms with E-state index in [0.29, 0.717) is 44.4 Å². The molecule has 2 aliphatic rings. The van der Waals surface area contributed by atoms with Crippen molar-refractivity contribution in [3.63, 3.8) is 0 Å². The van der Waals surface area contributed by atoms with Gasteiger partial charge in [0.2, 0.25) is 5.91 Å². The number of carboxylic acid groups (broad SMARTS) is 1. The van der Waals surface area contributed by atoms with E-state index in [4.69, 9.17) is 14.5 Å². The van der Waals surface area contributed by atoms with Gasteiger partial charge in [-0.3, -0.25) is 9.59 Å². The molecule has 1 aromatic rings. The second-order valence-corrected chi connectivity index (χ2v) is 6.93. The van der Waals surface area contributed by atoms with Gasteiger partial charge in [0.25, 0.3) is 0 Å². The number of rotatable bonds is 7. The number of ether oxygens (including phenoxy) is 1. The van der Waals surface area contributed by atoms with Gasteiger partial charge in [0.1, 0.15) is 17.6 Å². The summed E-state index contributed by atoms with van der Waals surface area (Å²) in [5.74, 6) is 0.638. The van der Waals surface area contributed by atoms with Gasteiger partial charge in [-0.15, -0.1) is 0 Å². The number of hydrogen-bond donors (Lipinski definition) is 2. The van der Waals surface area contributed by atoms with E-state index in [1.165, 1.54) is 0 Å². The Kier molecular flexibility index (Phi) is 5.71. The summed E-state index contributed by atoms with van der Waals surface area (Å²) in [5, 5.41) is 18.3. The summed E-state index contributed by atoms with van der Waals surface area (Å²) in [6.45, 7) is 2.99. The second kappa shape index (κ2) is 7.99. The van der Waals surface area contributed by atoms with Crippen molar-refractivity contribution in [2.45, 2.75) is 51.5 Å². The van der Waals surface area contributed by atoms with Crippen LogP contribution in [-0.2, 0) is 16.0 Å². The largest absolute Gasteiger partial charge is 0.536 e. The molecule has 7 nitrogen and oxygen atoms in total. The van der Waals surface area contributed by atoms with Gasteiger partial charge in [-0.05, 0) is 44.1 Å². The quantitative estimate of drug-likeness (QED) is 0.566. The molecule has 1 aromatic carbocycles. The first-order valence-electron chi connectivity index (χ1n) is 9.07. The predicted octanol–water partition coefficient (Wildman–Crippen LogP) is 1.65. The molecule has 8 heteroatoms. The lowest BCUT2D eigenvalue weighted by molar-refractivity contribution is -0.141. The fraction of sp³-hybridized carbons (Fsp3) is 0.556. The maximum Gasteiger partial charge on any atom is 0.522 e. The van der Waals surface area contributed by atoms with Crippen molar-refractivity contribution in [1.82, 2.24) is 4.90 Å². The number of amides is 1. The first-order chi connectivity index (χ1) is 12.4. The maximum absolute atomic E-state index is 12.0. The van der Waals surface area contributed by atoms with Crippen molar-refractivity contribution in [2.75, 3.05) is 13.1 Å². The van der Waals surface area contributed by atoms with Crippen LogP contribution in [0.25, 0.3) is 0 Å². The molecule has 0 unspecified atom stereocenters. The van der Waals surface area contributed by atoms with E-state index in [1.807, 2.05) is 19.1 Å². The average Bonchev–Trinajstić information content (AvgIpc) is 2.56. The van der Waals surface area contributed by atoms with E-state index in [9.17, 15) is 14.6 Å². The highest BCUT2D eigenvalue weighted by atomic mass is 16.5. The zero-order chi connectivity index (χ0) is 18.7. The molecule has 2 heterocycles. The molecule has 0 atom stereocenters. The molecule has 26 heavy (non-hydrogen) atoms. The summed E-state index contributed by atoms with van der Waals surface area (Å²) in [6.07, 6.45) is 2.93. The van der Waals surface area contributed by atoms with Crippen LogP contribution in [0, 0.1) is 6.92 Å². The molecule has 140 valence electrons. The van der Waals surface area contributed by atoms with Crippen LogP contribution in [0.4, 0.5) is 0 Å². The number of fused-ring (bicyclic) bond motifs is 1. The number of likely N-dealkylation sites (tertiary alicyclic amines) is 1. The zero-order valence-corrected chi connectivity index (χ0v) is 14.9. The minimum atomic E-state index is -0.827. The summed E-state index contributed by atoms with van der Waals surface area (Å²) in [7, 11) is -0.769. The number of carbonyl (C=O) groups is 2. The summed E-state index contributed by atoms with van der Waals surface area (Å²) in [6, 6.07) is 3.89. The first kappa shape index (κ1) is 18.6. The van der Waals surface area contributed by atoms with Crippen LogP contribution in [0.3, 0.4) is 0 Å². The Bertz CT molecular complexity index is 689. The Morgan fingerprint density at radius 1 is 1.31 bits per heavy atom. The highest BCUT2D eigenvalue weighted by molar-refractivity contribution is 6.44. The molecular weight excluding hydrogens is 337 g/mol. The number of aliphatic carboxylic acids is 1. The van der Waals surface area contributed by atoms with Crippen LogP contribution < -0.4 is 9.39 Å². The molecule has 1 saturated heterocycles. The number of aryl methyl sites for hydroxylation is 1. The molecule has 2 N–H and O–H groups in total. The molecule has 0 radical (unpaired) electrons. The molecule has 0 bridgehead atoms. The Morgan fingerprint density at radius 2 is 2.04 bits per heavy atom. The van der Waals surface area contributed by atoms with E-state index in [1.54, 1.807) is 4.90 Å². The summed E-state index contributed by atoms with van der Waals surface area (Å²) in [4.78, 5) is 24.2. The smallest absolute Gasteiger partial charge is 0.522 e. The second-order valence-electron chi connectivity index (χ2n) is 6.93. The maximum atomic E-state index is 12.0. The van der Waals surface area contributed by atoms with Crippen molar-refractivity contribution in [3.8, 4) is 11.5 Å². The van der Waals surface area contributed by atoms with Gasteiger partial charge in [0, 0.05) is 18.4 Å². The third-order valence-electron chi connectivity index (χ3n) is 4.88. The molecule has 0 aromatic heterocycles. The molecule has 2 aliphatic heterocycles. The van der Waals surface area contributed by atoms with Gasteiger partial charge in [-0.1, -0.05) is 6.07 Å². The lowest BCUT2D eigenvalue weighted by Crippen LogP contribution is -2.56. The molecular formula is C18H24BNO6. The topological polar surface area (TPSA) is 96.3 Å². The van der Waals surface area contributed by atoms with Crippen molar-refractivity contribution in [2.24, 2.45) is 0 Å². The number of carbonyl (C=O) groups excluding carboxylic acids is 1. The van der Waals surface area contributed by atoms with Crippen molar-refractivity contribution in [3.05, 3.63) is 23.3 Å². The van der Waals surface area contributed by atoms with Crippen molar-refractivity contribution in [1.29, 1.82) is 0 Å². The summed E-state index contributed by atoms with van der Waals surface area (Å²) < 4.78 is 11.5. The Hall–Kier alpha value is -2.22. The predicted molar refractivity (Wildman–Crippen MR) is 95.4 cm³/mol. The normalized spacial score (nSPS) is 16.5. The number of hydrogen-bond acceptors (Lipinski definition) is 5. The first-order valence-corrected chi connectivity index (χ1v) is 9.07. The SMILES string of the molecule is Cc1c(OC2CN(C(=O)CCCCC(=O)O)C2)ccc2c1OB(O)CC2. The van der Waals surface area contributed by atoms with Crippen LogP contribution in [0.5, 0.6) is 11.5 Å². The highest BCUT2D eigenvalue weighted by Gasteiger charge is 2.33. The van der Waals surface area contributed by atoms with Crippen LogP contribution in [0.1, 0.15) is 36.8 Å². The number of carboxylic acids is 1. The lowest BCUT2D eigenvalue weighted by atomic mass is 9.78. The lowest BCUT2D eigenvalue weighted by Gasteiger charge is -2.39. The Labute approximate surface area is 153 Å². The number of unbranched alkanes of at least 4 members (excludes halogenated alkanes) is 1. The van der Waals surface area contributed by atoms with Gasteiger partial charge in [-0.25, -0.2) is 0 Å². The molecule has 0 spiro atoms.